The topological polar surface area (TPSA) is 27.1 Å². The van der Waals surface area contributed by atoms with Gasteiger partial charge in [0.2, 0.25) is 0 Å². The van der Waals surface area contributed by atoms with Crippen molar-refractivity contribution in [3.63, 3.8) is 0 Å². The van der Waals surface area contributed by atoms with Gasteiger partial charge in [-0.15, -0.1) is 0 Å². The van der Waals surface area contributed by atoms with Crippen LogP contribution >= 0.6 is 0 Å². The van der Waals surface area contributed by atoms with Crippen LogP contribution in [0.2, 0.25) is 0 Å². The first-order valence-corrected chi connectivity index (χ1v) is 8.46. The summed E-state index contributed by atoms with van der Waals surface area (Å²) in [4.78, 5) is 0. The standard InChI is InChI=1S/C22H20N2O/c1-25-20-13-11-19(12-14-20)22-15-21(18-9-5-6-10-18)23-24(22)16-17-7-3-2-4-8-17/h2-9,11-15H,10,16H2,1H3. The summed E-state index contributed by atoms with van der Waals surface area (Å²) < 4.78 is 7.37. The Hall–Kier alpha value is -3.07. The number of ether oxygens (including phenoxy) is 1. The molecule has 0 bridgehead atoms. The van der Waals surface area contributed by atoms with Gasteiger partial charge >= 0.3 is 0 Å². The van der Waals surface area contributed by atoms with Gasteiger partial charge in [0.05, 0.1) is 25.0 Å². The smallest absolute Gasteiger partial charge is 0.118 e. The van der Waals surface area contributed by atoms with Crippen molar-refractivity contribution in [1.29, 1.82) is 0 Å². The molecule has 1 aliphatic rings. The van der Waals surface area contributed by atoms with E-state index in [2.05, 4.69) is 65.4 Å². The highest BCUT2D eigenvalue weighted by Crippen LogP contribution is 2.29. The van der Waals surface area contributed by atoms with Gasteiger partial charge in [-0.25, -0.2) is 0 Å². The van der Waals surface area contributed by atoms with Crippen LogP contribution in [-0.2, 0) is 6.54 Å². The minimum atomic E-state index is 0.753. The van der Waals surface area contributed by atoms with E-state index in [9.17, 15) is 0 Å². The van der Waals surface area contributed by atoms with Crippen LogP contribution < -0.4 is 4.74 Å². The average molecular weight is 328 g/mol. The lowest BCUT2D eigenvalue weighted by molar-refractivity contribution is 0.415. The van der Waals surface area contributed by atoms with Crippen LogP contribution in [0.5, 0.6) is 5.75 Å². The number of methoxy groups -OCH3 is 1. The maximum atomic E-state index is 5.28. The maximum Gasteiger partial charge on any atom is 0.118 e. The Kier molecular flexibility index (Phi) is 4.21. The number of nitrogens with zero attached hydrogens (tertiary/aromatic N) is 2. The zero-order valence-corrected chi connectivity index (χ0v) is 14.2. The van der Waals surface area contributed by atoms with Gasteiger partial charge in [0.25, 0.3) is 0 Å². The van der Waals surface area contributed by atoms with Gasteiger partial charge in [-0.3, -0.25) is 4.68 Å². The Morgan fingerprint density at radius 1 is 1.04 bits per heavy atom. The first kappa shape index (κ1) is 15.5. The maximum absolute atomic E-state index is 5.28. The largest absolute Gasteiger partial charge is 0.497 e. The fourth-order valence-electron chi connectivity index (χ4n) is 3.08. The minimum absolute atomic E-state index is 0.753. The minimum Gasteiger partial charge on any atom is -0.497 e. The number of hydrogen-bond donors (Lipinski definition) is 0. The van der Waals surface area contributed by atoms with Crippen LogP contribution in [0.3, 0.4) is 0 Å². The summed E-state index contributed by atoms with van der Waals surface area (Å²) in [5.41, 5.74) is 5.81. The number of aromatic nitrogens is 2. The van der Waals surface area contributed by atoms with Gasteiger partial charge in [-0.1, -0.05) is 48.6 Å². The molecule has 0 amide bonds. The van der Waals surface area contributed by atoms with Crippen molar-refractivity contribution >= 4 is 5.57 Å². The van der Waals surface area contributed by atoms with Crippen molar-refractivity contribution in [3.8, 4) is 17.0 Å². The average Bonchev–Trinajstić information content (AvgIpc) is 3.32. The molecule has 2 aromatic carbocycles. The lowest BCUT2D eigenvalue weighted by Crippen LogP contribution is -2.04. The van der Waals surface area contributed by atoms with Crippen molar-refractivity contribution in [2.24, 2.45) is 0 Å². The summed E-state index contributed by atoms with van der Waals surface area (Å²) in [6.07, 6.45) is 7.36. The van der Waals surface area contributed by atoms with Crippen LogP contribution in [0.15, 0.2) is 78.9 Å². The summed E-state index contributed by atoms with van der Waals surface area (Å²) in [6.45, 7) is 0.753. The zero-order chi connectivity index (χ0) is 17.1. The van der Waals surface area contributed by atoms with Gasteiger partial charge < -0.3 is 4.74 Å². The Bertz CT molecular complexity index is 918. The van der Waals surface area contributed by atoms with E-state index >= 15 is 0 Å². The Balaban J connectivity index is 1.74. The Labute approximate surface area is 147 Å². The van der Waals surface area contributed by atoms with Crippen LogP contribution in [0.25, 0.3) is 16.8 Å². The zero-order valence-electron chi connectivity index (χ0n) is 14.2. The second-order valence-corrected chi connectivity index (χ2v) is 6.11. The van der Waals surface area contributed by atoms with Crippen molar-refractivity contribution < 1.29 is 4.74 Å². The molecule has 4 rings (SSSR count). The predicted molar refractivity (Wildman–Crippen MR) is 101 cm³/mol. The molecule has 0 saturated heterocycles. The molecule has 0 aliphatic heterocycles. The first-order valence-electron chi connectivity index (χ1n) is 8.46. The molecule has 1 aliphatic carbocycles. The van der Waals surface area contributed by atoms with Crippen LogP contribution in [-0.4, -0.2) is 16.9 Å². The quantitative estimate of drug-likeness (QED) is 0.662. The van der Waals surface area contributed by atoms with Crippen molar-refractivity contribution in [2.75, 3.05) is 7.11 Å². The van der Waals surface area contributed by atoms with Crippen LogP contribution in [0, 0.1) is 0 Å². The monoisotopic (exact) mass is 328 g/mol. The van der Waals surface area contributed by atoms with Crippen molar-refractivity contribution in [3.05, 3.63) is 90.1 Å². The number of hydrogen-bond acceptors (Lipinski definition) is 2. The van der Waals surface area contributed by atoms with E-state index in [1.165, 1.54) is 11.1 Å². The predicted octanol–water partition coefficient (Wildman–Crippen LogP) is 4.95. The summed E-state index contributed by atoms with van der Waals surface area (Å²) in [5.74, 6) is 0.862. The van der Waals surface area contributed by atoms with Crippen LogP contribution in [0.4, 0.5) is 0 Å². The lowest BCUT2D eigenvalue weighted by Gasteiger charge is -2.08. The molecule has 0 radical (unpaired) electrons. The Morgan fingerprint density at radius 3 is 2.52 bits per heavy atom. The number of benzene rings is 2. The molecule has 3 aromatic rings. The fraction of sp³-hybridized carbons (Fsp3) is 0.136. The van der Waals surface area contributed by atoms with E-state index < -0.39 is 0 Å². The molecule has 0 spiro atoms. The Morgan fingerprint density at radius 2 is 1.84 bits per heavy atom. The summed E-state index contributed by atoms with van der Waals surface area (Å²) in [5, 5.41) is 4.88. The molecule has 0 saturated carbocycles. The third-order valence-electron chi connectivity index (χ3n) is 4.44. The molecule has 3 heteroatoms. The highest BCUT2D eigenvalue weighted by Gasteiger charge is 2.14. The normalized spacial score (nSPS) is 13.1. The molecule has 1 heterocycles. The molecule has 1 aromatic heterocycles. The van der Waals surface area contributed by atoms with E-state index in [4.69, 9.17) is 9.84 Å². The molecule has 0 fully saturated rings. The van der Waals surface area contributed by atoms with E-state index in [0.717, 1.165) is 35.7 Å². The molecular formula is C22H20N2O. The number of allylic oxidation sites excluding steroid dienone is 4. The van der Waals surface area contributed by atoms with E-state index in [1.807, 2.05) is 18.2 Å². The molecule has 0 unspecified atom stereocenters. The van der Waals surface area contributed by atoms with Gasteiger partial charge in [0.1, 0.15) is 5.75 Å². The van der Waals surface area contributed by atoms with Crippen molar-refractivity contribution in [1.82, 2.24) is 9.78 Å². The molecule has 3 nitrogen and oxygen atoms in total. The van der Waals surface area contributed by atoms with E-state index in [-0.39, 0.29) is 0 Å². The summed E-state index contributed by atoms with van der Waals surface area (Å²) in [6, 6.07) is 20.8. The molecule has 0 N–H and O–H groups in total. The third-order valence-corrected chi connectivity index (χ3v) is 4.44. The van der Waals surface area contributed by atoms with E-state index in [0.29, 0.717) is 0 Å². The molecule has 0 atom stereocenters. The number of rotatable bonds is 5. The van der Waals surface area contributed by atoms with E-state index in [1.54, 1.807) is 7.11 Å². The highest BCUT2D eigenvalue weighted by atomic mass is 16.5. The van der Waals surface area contributed by atoms with Crippen LogP contribution in [0.1, 0.15) is 17.7 Å². The summed E-state index contributed by atoms with van der Waals surface area (Å²) >= 11 is 0. The first-order chi connectivity index (χ1) is 12.3. The molecular weight excluding hydrogens is 308 g/mol. The summed E-state index contributed by atoms with van der Waals surface area (Å²) in [7, 11) is 1.69. The van der Waals surface area contributed by atoms with Gasteiger partial charge in [-0.05, 0) is 47.9 Å². The second-order valence-electron chi connectivity index (χ2n) is 6.11. The molecule has 25 heavy (non-hydrogen) atoms. The fourth-order valence-corrected chi connectivity index (χ4v) is 3.08. The van der Waals surface area contributed by atoms with Gasteiger partial charge in [0.15, 0.2) is 0 Å². The third kappa shape index (κ3) is 3.26. The SMILES string of the molecule is COc1ccc(-c2cc(C3=CC=CC3)nn2Cc2ccccc2)cc1. The van der Waals surface area contributed by atoms with Gasteiger partial charge in [0, 0.05) is 5.56 Å². The molecule has 124 valence electrons. The lowest BCUT2D eigenvalue weighted by atomic mass is 10.1. The highest BCUT2D eigenvalue weighted by molar-refractivity contribution is 5.72. The van der Waals surface area contributed by atoms with Crippen molar-refractivity contribution in [2.45, 2.75) is 13.0 Å². The van der Waals surface area contributed by atoms with Gasteiger partial charge in [-0.2, -0.15) is 5.10 Å². The second kappa shape index (κ2) is 6.81.